The van der Waals surface area contributed by atoms with Crippen LogP contribution in [0.2, 0.25) is 0 Å². The van der Waals surface area contributed by atoms with E-state index in [1.807, 2.05) is 30.9 Å². The molecule has 0 aromatic heterocycles. The summed E-state index contributed by atoms with van der Waals surface area (Å²) in [6, 6.07) is 3.95. The molecule has 1 aromatic rings. The van der Waals surface area contributed by atoms with Crippen LogP contribution in [0.4, 0.5) is 0 Å². The maximum Gasteiger partial charge on any atom is 0.227 e. The van der Waals surface area contributed by atoms with Gasteiger partial charge in [-0.2, -0.15) is 0 Å². The molecule has 1 amide bonds. The number of hydrogen-bond donors (Lipinski definition) is 1. The van der Waals surface area contributed by atoms with Gasteiger partial charge in [0, 0.05) is 23.6 Å². The fourth-order valence-electron chi connectivity index (χ4n) is 2.92. The second-order valence-electron chi connectivity index (χ2n) is 5.55. The first-order valence-electron chi connectivity index (χ1n) is 8.18. The number of ether oxygens (including phenoxy) is 2. The van der Waals surface area contributed by atoms with Crippen molar-refractivity contribution in [3.63, 3.8) is 0 Å². The standard InChI is InChI=1S/C17H25BrN2O3.ClH/c1-3-22-15-8-12(14(18)10-16(15)23-4-2)9-17(21)20-7-5-6-13(20)11-19;/h8,10,13H,3-7,9,11,19H2,1-2H3;1H. The van der Waals surface area contributed by atoms with Gasteiger partial charge in [0.15, 0.2) is 11.5 Å². The maximum atomic E-state index is 12.6. The molecule has 0 saturated carbocycles. The van der Waals surface area contributed by atoms with E-state index >= 15 is 0 Å². The second-order valence-corrected chi connectivity index (χ2v) is 6.41. The van der Waals surface area contributed by atoms with Gasteiger partial charge in [-0.25, -0.2) is 0 Å². The Hall–Kier alpha value is -0.980. The SMILES string of the molecule is CCOc1cc(Br)c(CC(=O)N2CCCC2CN)cc1OCC.Cl. The number of likely N-dealkylation sites (tertiary alicyclic amines) is 1. The fourth-order valence-corrected chi connectivity index (χ4v) is 3.39. The molecule has 1 fully saturated rings. The molecule has 1 heterocycles. The molecule has 5 nitrogen and oxygen atoms in total. The molecule has 136 valence electrons. The van der Waals surface area contributed by atoms with Crippen LogP contribution in [0.5, 0.6) is 11.5 Å². The van der Waals surface area contributed by atoms with Crippen molar-refractivity contribution in [1.82, 2.24) is 4.90 Å². The molecule has 1 aliphatic rings. The van der Waals surface area contributed by atoms with Crippen LogP contribution in [-0.2, 0) is 11.2 Å². The van der Waals surface area contributed by atoms with Crippen LogP contribution in [0.15, 0.2) is 16.6 Å². The summed E-state index contributed by atoms with van der Waals surface area (Å²) in [4.78, 5) is 14.5. The van der Waals surface area contributed by atoms with Gasteiger partial charge in [-0.05, 0) is 44.4 Å². The lowest BCUT2D eigenvalue weighted by Crippen LogP contribution is -2.40. The third-order valence-corrected chi connectivity index (χ3v) is 4.76. The van der Waals surface area contributed by atoms with E-state index in [1.54, 1.807) is 0 Å². The first kappa shape index (κ1) is 21.1. The van der Waals surface area contributed by atoms with Crippen LogP contribution < -0.4 is 15.2 Å². The molecule has 2 N–H and O–H groups in total. The summed E-state index contributed by atoms with van der Waals surface area (Å²) in [5.74, 6) is 1.49. The third kappa shape index (κ3) is 5.01. The molecule has 1 aromatic carbocycles. The monoisotopic (exact) mass is 420 g/mol. The minimum atomic E-state index is 0. The Morgan fingerprint density at radius 3 is 2.50 bits per heavy atom. The summed E-state index contributed by atoms with van der Waals surface area (Å²) in [5.41, 5.74) is 6.67. The van der Waals surface area contributed by atoms with Crippen molar-refractivity contribution in [3.05, 3.63) is 22.2 Å². The van der Waals surface area contributed by atoms with E-state index in [-0.39, 0.29) is 24.4 Å². The minimum absolute atomic E-state index is 0. The lowest BCUT2D eigenvalue weighted by atomic mass is 10.1. The highest BCUT2D eigenvalue weighted by molar-refractivity contribution is 9.10. The number of carbonyl (C=O) groups excluding carboxylic acids is 1. The van der Waals surface area contributed by atoms with Gasteiger partial charge in [0.05, 0.1) is 19.6 Å². The molecule has 24 heavy (non-hydrogen) atoms. The van der Waals surface area contributed by atoms with Crippen LogP contribution in [-0.4, -0.2) is 43.2 Å². The number of hydrogen-bond acceptors (Lipinski definition) is 4. The van der Waals surface area contributed by atoms with Gasteiger partial charge in [-0.1, -0.05) is 15.9 Å². The Morgan fingerprint density at radius 1 is 1.29 bits per heavy atom. The van der Waals surface area contributed by atoms with Crippen molar-refractivity contribution in [2.75, 3.05) is 26.3 Å². The number of rotatable bonds is 7. The molecule has 0 radical (unpaired) electrons. The van der Waals surface area contributed by atoms with Crippen LogP contribution in [0, 0.1) is 0 Å². The minimum Gasteiger partial charge on any atom is -0.490 e. The highest BCUT2D eigenvalue weighted by Gasteiger charge is 2.28. The molecular formula is C17H26BrClN2O3. The predicted octanol–water partition coefficient (Wildman–Crippen LogP) is 3.16. The van der Waals surface area contributed by atoms with Gasteiger partial charge in [0.25, 0.3) is 0 Å². The Labute approximate surface area is 158 Å². The molecule has 0 aliphatic carbocycles. The molecule has 7 heteroatoms. The number of amides is 1. The highest BCUT2D eigenvalue weighted by atomic mass is 79.9. The first-order chi connectivity index (χ1) is 11.1. The Balaban J connectivity index is 0.00000288. The van der Waals surface area contributed by atoms with E-state index in [4.69, 9.17) is 15.2 Å². The highest BCUT2D eigenvalue weighted by Crippen LogP contribution is 2.34. The topological polar surface area (TPSA) is 64.8 Å². The van der Waals surface area contributed by atoms with Crippen LogP contribution in [0.25, 0.3) is 0 Å². The van der Waals surface area contributed by atoms with Gasteiger partial charge in [-0.3, -0.25) is 4.79 Å². The number of halogens is 2. The normalized spacial score (nSPS) is 16.7. The Morgan fingerprint density at radius 2 is 1.92 bits per heavy atom. The quantitative estimate of drug-likeness (QED) is 0.734. The Kier molecular flexibility index (Phi) is 8.87. The number of carbonyl (C=O) groups is 1. The average molecular weight is 422 g/mol. The summed E-state index contributed by atoms with van der Waals surface area (Å²) in [6.07, 6.45) is 2.36. The van der Waals surface area contributed by atoms with Crippen molar-refractivity contribution in [2.45, 2.75) is 39.2 Å². The van der Waals surface area contributed by atoms with E-state index in [2.05, 4.69) is 15.9 Å². The van der Waals surface area contributed by atoms with Gasteiger partial charge < -0.3 is 20.1 Å². The zero-order valence-corrected chi connectivity index (χ0v) is 16.6. The summed E-state index contributed by atoms with van der Waals surface area (Å²) in [5, 5.41) is 0. The summed E-state index contributed by atoms with van der Waals surface area (Å²) < 4.78 is 12.1. The number of benzene rings is 1. The van der Waals surface area contributed by atoms with Crippen LogP contribution in [0.1, 0.15) is 32.3 Å². The summed E-state index contributed by atoms with van der Waals surface area (Å²) >= 11 is 3.54. The van der Waals surface area contributed by atoms with Gasteiger partial charge >= 0.3 is 0 Å². The molecule has 1 atom stereocenters. The third-order valence-electron chi connectivity index (χ3n) is 4.02. The molecule has 2 rings (SSSR count). The predicted molar refractivity (Wildman–Crippen MR) is 101 cm³/mol. The lowest BCUT2D eigenvalue weighted by molar-refractivity contribution is -0.131. The molecule has 1 unspecified atom stereocenters. The van der Waals surface area contributed by atoms with Gasteiger partial charge in [-0.15, -0.1) is 12.4 Å². The van der Waals surface area contributed by atoms with E-state index in [1.165, 1.54) is 0 Å². The molecule has 1 saturated heterocycles. The van der Waals surface area contributed by atoms with E-state index in [0.29, 0.717) is 37.7 Å². The second kappa shape index (κ2) is 10.1. The number of nitrogens with two attached hydrogens (primary N) is 1. The molecule has 0 bridgehead atoms. The van der Waals surface area contributed by atoms with Gasteiger partial charge in [0.1, 0.15) is 0 Å². The van der Waals surface area contributed by atoms with Crippen molar-refractivity contribution in [2.24, 2.45) is 5.73 Å². The zero-order valence-electron chi connectivity index (χ0n) is 14.2. The van der Waals surface area contributed by atoms with Crippen molar-refractivity contribution >= 4 is 34.2 Å². The number of nitrogens with zero attached hydrogens (tertiary/aromatic N) is 1. The van der Waals surface area contributed by atoms with Gasteiger partial charge in [0.2, 0.25) is 5.91 Å². The summed E-state index contributed by atoms with van der Waals surface area (Å²) in [7, 11) is 0. The smallest absolute Gasteiger partial charge is 0.227 e. The molecule has 1 aliphatic heterocycles. The van der Waals surface area contributed by atoms with Crippen molar-refractivity contribution < 1.29 is 14.3 Å². The Bertz CT molecular complexity index is 557. The van der Waals surface area contributed by atoms with Crippen molar-refractivity contribution in [1.29, 1.82) is 0 Å². The molecular weight excluding hydrogens is 396 g/mol. The van der Waals surface area contributed by atoms with E-state index in [0.717, 1.165) is 29.4 Å². The van der Waals surface area contributed by atoms with Crippen LogP contribution >= 0.6 is 28.3 Å². The maximum absolute atomic E-state index is 12.6. The average Bonchev–Trinajstić information content (AvgIpc) is 3.00. The van der Waals surface area contributed by atoms with Crippen LogP contribution in [0.3, 0.4) is 0 Å². The molecule has 0 spiro atoms. The summed E-state index contributed by atoms with van der Waals surface area (Å²) in [6.45, 7) is 6.31. The first-order valence-corrected chi connectivity index (χ1v) is 8.97. The largest absolute Gasteiger partial charge is 0.490 e. The lowest BCUT2D eigenvalue weighted by Gasteiger charge is -2.24. The fraction of sp³-hybridized carbons (Fsp3) is 0.588. The van der Waals surface area contributed by atoms with Crippen molar-refractivity contribution in [3.8, 4) is 11.5 Å². The van der Waals surface area contributed by atoms with E-state index in [9.17, 15) is 4.79 Å². The van der Waals surface area contributed by atoms with E-state index < -0.39 is 0 Å². The zero-order chi connectivity index (χ0) is 16.8.